The summed E-state index contributed by atoms with van der Waals surface area (Å²) in [5.41, 5.74) is 9.02. The number of aromatic amines is 1. The first-order valence-corrected chi connectivity index (χ1v) is 12.9. The Bertz CT molecular complexity index is 1410. The lowest BCUT2D eigenvalue weighted by Gasteiger charge is -2.21. The van der Waals surface area contributed by atoms with E-state index in [-0.39, 0.29) is 17.9 Å². The van der Waals surface area contributed by atoms with E-state index in [1.54, 1.807) is 6.20 Å². The van der Waals surface area contributed by atoms with Gasteiger partial charge >= 0.3 is 0 Å². The fraction of sp³-hybridized carbons (Fsp3) is 0.444. The number of nitrogens with one attached hydrogen (secondary N) is 1. The van der Waals surface area contributed by atoms with E-state index < -0.39 is 5.91 Å². The van der Waals surface area contributed by atoms with E-state index in [0.717, 1.165) is 42.6 Å². The summed E-state index contributed by atoms with van der Waals surface area (Å²) in [5.74, 6) is 0.575. The number of rotatable bonds is 6. The van der Waals surface area contributed by atoms with Crippen LogP contribution in [0.15, 0.2) is 30.6 Å². The van der Waals surface area contributed by atoms with Crippen LogP contribution in [0.25, 0.3) is 22.3 Å². The largest absolute Gasteiger partial charge is 0.364 e. The summed E-state index contributed by atoms with van der Waals surface area (Å²) in [4.78, 5) is 29.1. The number of hydrogen-bond donors (Lipinski definition) is 2. The maximum atomic E-state index is 14.7. The van der Waals surface area contributed by atoms with Gasteiger partial charge in [0.15, 0.2) is 11.3 Å². The highest BCUT2D eigenvalue weighted by molar-refractivity contribution is 6.01. The number of hydrogen-bond acceptors (Lipinski definition) is 5. The average molecular weight is 488 g/mol. The molecule has 0 bridgehead atoms. The molecule has 2 saturated carbocycles. The number of amides is 1. The van der Waals surface area contributed by atoms with Gasteiger partial charge in [0.25, 0.3) is 5.91 Å². The molecule has 186 valence electrons. The number of H-pyrrole nitrogens is 1. The van der Waals surface area contributed by atoms with Crippen molar-refractivity contribution < 1.29 is 9.18 Å². The highest BCUT2D eigenvalue weighted by atomic mass is 19.1. The van der Waals surface area contributed by atoms with E-state index in [2.05, 4.69) is 25.0 Å². The Morgan fingerprint density at radius 1 is 1.00 bits per heavy atom. The monoisotopic (exact) mass is 487 g/mol. The number of nitrogens with two attached hydrogens (primary N) is 1. The molecule has 2 aliphatic rings. The molecule has 3 N–H and O–H groups in total. The number of nitrogens with zero attached hydrogens (tertiary/aromatic N) is 5. The molecule has 0 radical (unpaired) electrons. The van der Waals surface area contributed by atoms with Crippen molar-refractivity contribution in [3.63, 3.8) is 0 Å². The predicted octanol–water partition coefficient (Wildman–Crippen LogP) is 5.21. The molecule has 6 rings (SSSR count). The Kier molecular flexibility index (Phi) is 5.99. The van der Waals surface area contributed by atoms with E-state index >= 15 is 0 Å². The first kappa shape index (κ1) is 22.8. The van der Waals surface area contributed by atoms with Crippen molar-refractivity contribution in [2.45, 2.75) is 76.2 Å². The molecule has 2 fully saturated rings. The van der Waals surface area contributed by atoms with Crippen molar-refractivity contribution in [1.82, 2.24) is 29.7 Å². The summed E-state index contributed by atoms with van der Waals surface area (Å²) in [6.45, 7) is 0. The Morgan fingerprint density at radius 3 is 2.56 bits per heavy atom. The van der Waals surface area contributed by atoms with Crippen LogP contribution in [-0.2, 0) is 6.42 Å². The van der Waals surface area contributed by atoms with Crippen LogP contribution in [0.1, 0.15) is 97.4 Å². The van der Waals surface area contributed by atoms with Gasteiger partial charge in [0.1, 0.15) is 23.0 Å². The number of carbonyl (C=O) groups excluding carboxylic acids is 1. The fourth-order valence-electron chi connectivity index (χ4n) is 5.74. The highest BCUT2D eigenvalue weighted by Crippen LogP contribution is 2.34. The molecule has 1 aromatic carbocycles. The standard InChI is InChI=1S/C27H30FN7O/c28-20-11-16(10-18(13-20)19-14-30-35(15-19)21-8-2-1-3-9-21)12-22-31-23(25(29)36)24-27(32-22)34-26(33-24)17-6-4-5-7-17/h10-11,13-15,17,21H,1-9,12H2,(H2,29,36)(H,31,32,33,34). The van der Waals surface area contributed by atoms with Crippen molar-refractivity contribution in [2.24, 2.45) is 5.73 Å². The van der Waals surface area contributed by atoms with Gasteiger partial charge in [0.05, 0.1) is 12.2 Å². The van der Waals surface area contributed by atoms with Gasteiger partial charge in [0.2, 0.25) is 0 Å². The molecular formula is C27H30FN7O. The molecule has 0 unspecified atom stereocenters. The van der Waals surface area contributed by atoms with Crippen LogP contribution in [-0.4, -0.2) is 35.6 Å². The van der Waals surface area contributed by atoms with Gasteiger partial charge in [-0.15, -0.1) is 0 Å². The van der Waals surface area contributed by atoms with E-state index in [9.17, 15) is 9.18 Å². The lowest BCUT2D eigenvalue weighted by Crippen LogP contribution is -2.16. The molecular weight excluding hydrogens is 457 g/mol. The molecule has 4 aromatic rings. The number of carbonyl (C=O) groups is 1. The van der Waals surface area contributed by atoms with Crippen LogP contribution >= 0.6 is 0 Å². The van der Waals surface area contributed by atoms with Crippen LogP contribution in [0, 0.1) is 5.82 Å². The van der Waals surface area contributed by atoms with Crippen LogP contribution in [0.2, 0.25) is 0 Å². The zero-order valence-electron chi connectivity index (χ0n) is 20.2. The van der Waals surface area contributed by atoms with Gasteiger partial charge in [-0.1, -0.05) is 38.2 Å². The second-order valence-electron chi connectivity index (χ2n) is 10.2. The Morgan fingerprint density at radius 2 is 1.78 bits per heavy atom. The number of fused-ring (bicyclic) bond motifs is 1. The van der Waals surface area contributed by atoms with Crippen molar-refractivity contribution in [3.8, 4) is 11.1 Å². The molecule has 1 amide bonds. The van der Waals surface area contributed by atoms with E-state index in [0.29, 0.717) is 34.5 Å². The minimum Gasteiger partial charge on any atom is -0.364 e. The first-order chi connectivity index (χ1) is 17.5. The van der Waals surface area contributed by atoms with E-state index in [1.165, 1.54) is 44.2 Å². The summed E-state index contributed by atoms with van der Waals surface area (Å²) in [6.07, 6.45) is 14.5. The van der Waals surface area contributed by atoms with Crippen molar-refractivity contribution >= 4 is 17.1 Å². The zero-order chi connectivity index (χ0) is 24.6. The van der Waals surface area contributed by atoms with Gasteiger partial charge < -0.3 is 10.7 Å². The molecule has 3 heterocycles. The molecule has 0 atom stereocenters. The third-order valence-corrected chi connectivity index (χ3v) is 7.59. The number of halogens is 1. The second kappa shape index (κ2) is 9.44. The smallest absolute Gasteiger partial charge is 0.269 e. The predicted molar refractivity (Wildman–Crippen MR) is 134 cm³/mol. The van der Waals surface area contributed by atoms with Gasteiger partial charge in [0, 0.05) is 24.1 Å². The maximum Gasteiger partial charge on any atom is 0.269 e. The van der Waals surface area contributed by atoms with Crippen LogP contribution in [0.4, 0.5) is 4.39 Å². The Balaban J connectivity index is 1.30. The van der Waals surface area contributed by atoms with Gasteiger partial charge in [-0.3, -0.25) is 9.48 Å². The summed E-state index contributed by atoms with van der Waals surface area (Å²) in [6, 6.07) is 5.33. The lowest BCUT2D eigenvalue weighted by molar-refractivity contribution is 0.0996. The maximum absolute atomic E-state index is 14.7. The van der Waals surface area contributed by atoms with Gasteiger partial charge in [-0.05, 0) is 48.9 Å². The molecule has 36 heavy (non-hydrogen) atoms. The summed E-state index contributed by atoms with van der Waals surface area (Å²) in [5, 5.41) is 4.57. The number of aromatic nitrogens is 6. The summed E-state index contributed by atoms with van der Waals surface area (Å²) >= 11 is 0. The lowest BCUT2D eigenvalue weighted by atomic mass is 9.96. The van der Waals surface area contributed by atoms with Crippen molar-refractivity contribution in [3.05, 3.63) is 59.3 Å². The van der Waals surface area contributed by atoms with Crippen LogP contribution < -0.4 is 5.73 Å². The number of benzene rings is 1. The van der Waals surface area contributed by atoms with Crippen LogP contribution in [0.3, 0.4) is 0 Å². The molecule has 9 heteroatoms. The third-order valence-electron chi connectivity index (χ3n) is 7.59. The van der Waals surface area contributed by atoms with Crippen molar-refractivity contribution in [2.75, 3.05) is 0 Å². The number of imidazole rings is 1. The first-order valence-electron chi connectivity index (χ1n) is 12.9. The van der Waals surface area contributed by atoms with Gasteiger partial charge in [-0.2, -0.15) is 5.10 Å². The summed E-state index contributed by atoms with van der Waals surface area (Å²) in [7, 11) is 0. The quantitative estimate of drug-likeness (QED) is 0.387. The molecule has 8 nitrogen and oxygen atoms in total. The molecule has 0 aliphatic heterocycles. The van der Waals surface area contributed by atoms with E-state index in [4.69, 9.17) is 5.73 Å². The number of primary amides is 1. The molecule has 2 aliphatic carbocycles. The minimum absolute atomic E-state index is 0.122. The SMILES string of the molecule is NC(=O)c1nc(Cc2cc(F)cc(-c3cnn(C4CCCCC4)c3)c2)nc2nc(C3CCCC3)[nH]c12. The average Bonchev–Trinajstić information content (AvgIpc) is 3.64. The third kappa shape index (κ3) is 4.50. The zero-order valence-corrected chi connectivity index (χ0v) is 20.2. The molecule has 3 aromatic heterocycles. The Hall–Kier alpha value is -3.62. The highest BCUT2D eigenvalue weighted by Gasteiger charge is 2.24. The Labute approximate surface area is 208 Å². The summed E-state index contributed by atoms with van der Waals surface area (Å²) < 4.78 is 16.7. The molecule has 0 spiro atoms. The van der Waals surface area contributed by atoms with Crippen LogP contribution in [0.5, 0.6) is 0 Å². The fourth-order valence-corrected chi connectivity index (χ4v) is 5.74. The van der Waals surface area contributed by atoms with E-state index in [1.807, 2.05) is 16.9 Å². The van der Waals surface area contributed by atoms with Crippen molar-refractivity contribution in [1.29, 1.82) is 0 Å². The molecule has 0 saturated heterocycles. The normalized spacial score (nSPS) is 17.2. The second-order valence-corrected chi connectivity index (χ2v) is 10.2. The topological polar surface area (TPSA) is 115 Å². The van der Waals surface area contributed by atoms with Gasteiger partial charge in [-0.25, -0.2) is 19.3 Å². The minimum atomic E-state index is -0.639.